The number of unbranched alkanes of at least 4 members (excludes halogenated alkanes) is 5. The summed E-state index contributed by atoms with van der Waals surface area (Å²) in [7, 11) is 1.46. The summed E-state index contributed by atoms with van der Waals surface area (Å²) in [4.78, 5) is 16.6. The number of carbonyl (C=O) groups is 1. The van der Waals surface area contributed by atoms with E-state index in [0.29, 0.717) is 12.3 Å². The van der Waals surface area contributed by atoms with E-state index in [1.54, 1.807) is 12.1 Å². The Kier molecular flexibility index (Phi) is 8.90. The Labute approximate surface area is 137 Å². The second-order valence-corrected chi connectivity index (χ2v) is 5.43. The van der Waals surface area contributed by atoms with Gasteiger partial charge in [-0.3, -0.25) is 4.84 Å². The predicted molar refractivity (Wildman–Crippen MR) is 87.6 cm³/mol. The van der Waals surface area contributed by atoms with Gasteiger partial charge >= 0.3 is 6.09 Å². The van der Waals surface area contributed by atoms with Crippen molar-refractivity contribution >= 4 is 6.09 Å². The van der Waals surface area contributed by atoms with Crippen LogP contribution in [-0.2, 0) is 11.4 Å². The Morgan fingerprint density at radius 3 is 2.52 bits per heavy atom. The zero-order valence-corrected chi connectivity index (χ0v) is 14.0. The van der Waals surface area contributed by atoms with E-state index in [4.69, 9.17) is 9.57 Å². The molecule has 6 heteroatoms. The van der Waals surface area contributed by atoms with E-state index >= 15 is 0 Å². The molecule has 6 nitrogen and oxygen atoms in total. The lowest BCUT2D eigenvalue weighted by molar-refractivity contribution is -0.141. The van der Waals surface area contributed by atoms with Crippen molar-refractivity contribution in [2.24, 2.45) is 0 Å². The van der Waals surface area contributed by atoms with Gasteiger partial charge in [0.15, 0.2) is 11.5 Å². The third kappa shape index (κ3) is 7.23. The fourth-order valence-corrected chi connectivity index (χ4v) is 2.22. The van der Waals surface area contributed by atoms with Gasteiger partial charge in [0.1, 0.15) is 6.61 Å². The monoisotopic (exact) mass is 325 g/mol. The largest absolute Gasteiger partial charge is 0.504 e. The number of phenols is 1. The molecule has 2 N–H and O–H groups in total. The number of hydrogen-bond donors (Lipinski definition) is 2. The van der Waals surface area contributed by atoms with Gasteiger partial charge in [-0.05, 0) is 24.1 Å². The third-order valence-electron chi connectivity index (χ3n) is 3.56. The second kappa shape index (κ2) is 10.7. The fourth-order valence-electron chi connectivity index (χ4n) is 2.22. The summed E-state index contributed by atoms with van der Waals surface area (Å²) in [5.41, 5.74) is 0.730. The number of aromatic hydroxyl groups is 1. The Bertz CT molecular complexity index is 478. The number of phenolic OH excluding ortho intramolecular Hbond substituents is 1. The van der Waals surface area contributed by atoms with Crippen LogP contribution in [0, 0.1) is 0 Å². The molecule has 1 rings (SSSR count). The molecule has 0 heterocycles. The molecule has 0 bridgehead atoms. The van der Waals surface area contributed by atoms with Gasteiger partial charge in [0, 0.05) is 0 Å². The highest BCUT2D eigenvalue weighted by atomic mass is 16.7. The van der Waals surface area contributed by atoms with E-state index in [9.17, 15) is 15.0 Å². The zero-order chi connectivity index (χ0) is 17.1. The lowest BCUT2D eigenvalue weighted by Gasteiger charge is -2.18. The summed E-state index contributed by atoms with van der Waals surface area (Å²) in [6, 6.07) is 4.79. The number of hydrogen-bond acceptors (Lipinski definition) is 4. The Morgan fingerprint density at radius 2 is 1.87 bits per heavy atom. The van der Waals surface area contributed by atoms with Crippen molar-refractivity contribution in [3.63, 3.8) is 0 Å². The Balaban J connectivity index is 2.39. The predicted octanol–water partition coefficient (Wildman–Crippen LogP) is 4.17. The average Bonchev–Trinajstić information content (AvgIpc) is 2.54. The third-order valence-corrected chi connectivity index (χ3v) is 3.56. The van der Waals surface area contributed by atoms with Gasteiger partial charge < -0.3 is 14.9 Å². The van der Waals surface area contributed by atoms with Gasteiger partial charge in [-0.2, -0.15) is 5.06 Å². The van der Waals surface area contributed by atoms with Crippen molar-refractivity contribution in [2.75, 3.05) is 13.7 Å². The van der Waals surface area contributed by atoms with Crippen molar-refractivity contribution in [1.82, 2.24) is 5.06 Å². The first kappa shape index (κ1) is 19.1. The van der Waals surface area contributed by atoms with Gasteiger partial charge in [0.25, 0.3) is 0 Å². The Morgan fingerprint density at radius 1 is 1.17 bits per heavy atom. The summed E-state index contributed by atoms with van der Waals surface area (Å²) in [6.45, 7) is 2.63. The normalized spacial score (nSPS) is 10.5. The maximum Gasteiger partial charge on any atom is 0.431 e. The maximum absolute atomic E-state index is 11.2. The van der Waals surface area contributed by atoms with Crippen LogP contribution in [0.3, 0.4) is 0 Å². The van der Waals surface area contributed by atoms with Crippen LogP contribution in [0.5, 0.6) is 11.5 Å². The fraction of sp³-hybridized carbons (Fsp3) is 0.588. The number of rotatable bonds is 11. The molecule has 0 aliphatic rings. The highest BCUT2D eigenvalue weighted by molar-refractivity contribution is 5.63. The zero-order valence-electron chi connectivity index (χ0n) is 14.0. The summed E-state index contributed by atoms with van der Waals surface area (Å²) in [5.74, 6) is 0.377. The molecule has 130 valence electrons. The van der Waals surface area contributed by atoms with Gasteiger partial charge in [-0.1, -0.05) is 45.1 Å². The minimum atomic E-state index is -1.09. The van der Waals surface area contributed by atoms with Gasteiger partial charge in [-0.25, -0.2) is 4.79 Å². The van der Waals surface area contributed by atoms with Crippen LogP contribution in [0.1, 0.15) is 51.0 Å². The van der Waals surface area contributed by atoms with E-state index in [1.165, 1.54) is 32.4 Å². The molecule has 0 saturated carbocycles. The molecule has 0 atom stereocenters. The molecule has 0 fully saturated rings. The van der Waals surface area contributed by atoms with Gasteiger partial charge in [0.2, 0.25) is 0 Å². The summed E-state index contributed by atoms with van der Waals surface area (Å²) in [6.07, 6.45) is 5.43. The van der Waals surface area contributed by atoms with Crippen molar-refractivity contribution in [1.29, 1.82) is 0 Å². The molecular weight excluding hydrogens is 298 g/mol. The molecule has 0 aliphatic heterocycles. The Hall–Kier alpha value is -1.95. The molecule has 0 saturated heterocycles. The average molecular weight is 325 g/mol. The second-order valence-electron chi connectivity index (χ2n) is 5.43. The van der Waals surface area contributed by atoms with Crippen molar-refractivity contribution < 1.29 is 24.6 Å². The van der Waals surface area contributed by atoms with Crippen molar-refractivity contribution in [3.05, 3.63) is 23.8 Å². The van der Waals surface area contributed by atoms with Crippen molar-refractivity contribution in [2.45, 2.75) is 52.1 Å². The number of ether oxygens (including phenoxy) is 1. The first-order valence-corrected chi connectivity index (χ1v) is 8.07. The van der Waals surface area contributed by atoms with E-state index in [1.807, 2.05) is 0 Å². The van der Waals surface area contributed by atoms with E-state index in [0.717, 1.165) is 29.9 Å². The van der Waals surface area contributed by atoms with Crippen LogP contribution in [0.4, 0.5) is 4.79 Å². The maximum atomic E-state index is 11.2. The first-order valence-electron chi connectivity index (χ1n) is 8.07. The molecule has 0 spiro atoms. The number of methoxy groups -OCH3 is 1. The van der Waals surface area contributed by atoms with Crippen LogP contribution in [0.15, 0.2) is 18.2 Å². The number of carboxylic acid groups (broad SMARTS) is 1. The quantitative estimate of drug-likeness (QED) is 0.471. The number of amides is 1. The summed E-state index contributed by atoms with van der Waals surface area (Å²) in [5, 5.41) is 19.7. The highest BCUT2D eigenvalue weighted by Crippen LogP contribution is 2.26. The van der Waals surface area contributed by atoms with Crippen LogP contribution < -0.4 is 4.74 Å². The van der Waals surface area contributed by atoms with Crippen LogP contribution in [0.2, 0.25) is 0 Å². The molecule has 0 aliphatic carbocycles. The first-order chi connectivity index (χ1) is 11.1. The van der Waals surface area contributed by atoms with Crippen molar-refractivity contribution in [3.8, 4) is 11.5 Å². The molecule has 0 aromatic heterocycles. The lowest BCUT2D eigenvalue weighted by Crippen LogP contribution is -2.30. The highest BCUT2D eigenvalue weighted by Gasteiger charge is 2.13. The van der Waals surface area contributed by atoms with Crippen LogP contribution in [0.25, 0.3) is 0 Å². The molecule has 23 heavy (non-hydrogen) atoms. The summed E-state index contributed by atoms with van der Waals surface area (Å²) >= 11 is 0. The standard InChI is InChI=1S/C17H27NO5/c1-3-4-5-6-7-8-11-18(17(20)21)23-13-14-9-10-15(19)16(12-14)22-2/h9-10,12,19H,3-8,11,13H2,1-2H3,(H,20,21). The number of benzene rings is 1. The molecule has 0 radical (unpaired) electrons. The van der Waals surface area contributed by atoms with E-state index in [-0.39, 0.29) is 12.4 Å². The van der Waals surface area contributed by atoms with E-state index in [2.05, 4.69) is 6.92 Å². The smallest absolute Gasteiger partial charge is 0.431 e. The summed E-state index contributed by atoms with van der Waals surface area (Å²) < 4.78 is 5.02. The molecule has 1 amide bonds. The van der Waals surface area contributed by atoms with Gasteiger partial charge in [0.05, 0.1) is 13.7 Å². The van der Waals surface area contributed by atoms with Gasteiger partial charge in [-0.15, -0.1) is 0 Å². The minimum absolute atomic E-state index is 0.0402. The molecule has 1 aromatic rings. The van der Waals surface area contributed by atoms with Crippen LogP contribution in [-0.4, -0.2) is 35.0 Å². The lowest BCUT2D eigenvalue weighted by atomic mass is 10.1. The molecule has 1 aromatic carbocycles. The number of nitrogens with zero attached hydrogens (tertiary/aromatic N) is 1. The van der Waals surface area contributed by atoms with E-state index < -0.39 is 6.09 Å². The topological polar surface area (TPSA) is 79.2 Å². The SMILES string of the molecule is CCCCCCCCN(OCc1ccc(O)c(OC)c1)C(=O)O. The van der Waals surface area contributed by atoms with Crippen LogP contribution >= 0.6 is 0 Å². The minimum Gasteiger partial charge on any atom is -0.504 e. The molecular formula is C17H27NO5. The number of hydroxylamine groups is 2. The molecule has 0 unspecified atom stereocenters.